The van der Waals surface area contributed by atoms with Crippen LogP contribution in [-0.2, 0) is 6.42 Å². The molecule has 7 heteroatoms. The molecule has 0 fully saturated rings. The van der Waals surface area contributed by atoms with Gasteiger partial charge in [0.25, 0.3) is 0 Å². The van der Waals surface area contributed by atoms with E-state index in [1.54, 1.807) is 30.5 Å². The lowest BCUT2D eigenvalue weighted by atomic mass is 9.86. The maximum absolute atomic E-state index is 11.0. The van der Waals surface area contributed by atoms with Crippen LogP contribution in [0.15, 0.2) is 60.9 Å². The summed E-state index contributed by atoms with van der Waals surface area (Å²) in [6.45, 7) is 0. The number of rotatable bonds is 4. The summed E-state index contributed by atoms with van der Waals surface area (Å²) in [4.78, 5) is 8.71. The first kappa shape index (κ1) is 20.2. The largest absolute Gasteiger partial charge is 0.505 e. The molecule has 0 amide bonds. The summed E-state index contributed by atoms with van der Waals surface area (Å²) < 4.78 is 0. The number of benzene rings is 2. The molecule has 146 valence electrons. The maximum atomic E-state index is 11.0. The third-order valence-electron chi connectivity index (χ3n) is 4.77. The molecule has 0 aliphatic carbocycles. The van der Waals surface area contributed by atoms with Crippen molar-refractivity contribution >= 4 is 57.3 Å². The number of hydrogen-bond acceptors (Lipinski definition) is 3. The van der Waals surface area contributed by atoms with Gasteiger partial charge in [0.05, 0.1) is 10.0 Å². The third-order valence-corrected chi connectivity index (χ3v) is 6.06. The van der Waals surface area contributed by atoms with Gasteiger partial charge in [0.2, 0.25) is 0 Å². The lowest BCUT2D eigenvalue weighted by Gasteiger charge is -2.21. The minimum absolute atomic E-state index is 0.101. The Morgan fingerprint density at radius 1 is 0.828 bits per heavy atom. The zero-order valence-electron chi connectivity index (χ0n) is 14.9. The molecular formula is C22H14Cl4N2O. The van der Waals surface area contributed by atoms with Crippen LogP contribution < -0.4 is 0 Å². The van der Waals surface area contributed by atoms with E-state index in [2.05, 4.69) is 9.97 Å². The van der Waals surface area contributed by atoms with Crippen LogP contribution in [0.1, 0.15) is 22.7 Å². The minimum Gasteiger partial charge on any atom is -0.505 e. The molecule has 1 unspecified atom stereocenters. The molecule has 0 radical (unpaired) electrons. The highest BCUT2D eigenvalue weighted by atomic mass is 35.5. The number of aromatic hydroxyl groups is 1. The molecule has 1 atom stereocenters. The number of fused-ring (bicyclic) bond motifs is 1. The lowest BCUT2D eigenvalue weighted by Crippen LogP contribution is -2.08. The summed E-state index contributed by atoms with van der Waals surface area (Å²) in [7, 11) is 0. The second kappa shape index (κ2) is 8.37. The molecule has 2 aromatic carbocycles. The van der Waals surface area contributed by atoms with Gasteiger partial charge >= 0.3 is 0 Å². The molecular weight excluding hydrogens is 450 g/mol. The Labute approximate surface area is 187 Å². The van der Waals surface area contributed by atoms with Crippen LogP contribution in [0, 0.1) is 0 Å². The molecule has 4 rings (SSSR count). The van der Waals surface area contributed by atoms with Crippen LogP contribution in [-0.4, -0.2) is 15.1 Å². The number of pyridine rings is 2. The molecule has 3 nitrogen and oxygen atoms in total. The predicted octanol–water partition coefficient (Wildman–Crippen LogP) is 7.32. The molecule has 0 saturated carbocycles. The number of nitrogens with zero attached hydrogens (tertiary/aromatic N) is 2. The smallest absolute Gasteiger partial charge is 0.145 e. The van der Waals surface area contributed by atoms with Gasteiger partial charge in [-0.25, -0.2) is 0 Å². The quantitative estimate of drug-likeness (QED) is 0.344. The molecule has 0 aliphatic rings. The van der Waals surface area contributed by atoms with Crippen LogP contribution >= 0.6 is 46.4 Å². The zero-order valence-corrected chi connectivity index (χ0v) is 17.9. The fourth-order valence-electron chi connectivity index (χ4n) is 3.37. The molecule has 4 aromatic rings. The van der Waals surface area contributed by atoms with Gasteiger partial charge < -0.3 is 5.11 Å². The molecule has 0 bridgehead atoms. The van der Waals surface area contributed by atoms with Crippen molar-refractivity contribution < 1.29 is 5.11 Å². The minimum atomic E-state index is -0.322. The fourth-order valence-corrected chi connectivity index (χ4v) is 4.08. The van der Waals surface area contributed by atoms with E-state index in [9.17, 15) is 5.11 Å². The Bertz CT molecular complexity index is 1210. The average Bonchev–Trinajstić information content (AvgIpc) is 2.72. The van der Waals surface area contributed by atoms with Crippen LogP contribution in [0.25, 0.3) is 10.9 Å². The average molecular weight is 464 g/mol. The van der Waals surface area contributed by atoms with Gasteiger partial charge in [-0.15, -0.1) is 0 Å². The number of phenols is 1. The van der Waals surface area contributed by atoms with E-state index < -0.39 is 0 Å². The summed E-state index contributed by atoms with van der Waals surface area (Å²) in [5, 5.41) is 13.7. The van der Waals surface area contributed by atoms with Crippen molar-refractivity contribution in [1.29, 1.82) is 0 Å². The van der Waals surface area contributed by atoms with Crippen LogP contribution in [0.4, 0.5) is 0 Å². The third kappa shape index (κ3) is 4.15. The van der Waals surface area contributed by atoms with Crippen LogP contribution in [0.5, 0.6) is 5.75 Å². The lowest BCUT2D eigenvalue weighted by molar-refractivity contribution is 0.469. The predicted molar refractivity (Wildman–Crippen MR) is 120 cm³/mol. The highest BCUT2D eigenvalue weighted by molar-refractivity contribution is 6.41. The van der Waals surface area contributed by atoms with Crippen molar-refractivity contribution in [3.63, 3.8) is 0 Å². The Morgan fingerprint density at radius 3 is 2.45 bits per heavy atom. The van der Waals surface area contributed by atoms with E-state index in [4.69, 9.17) is 46.4 Å². The summed E-state index contributed by atoms with van der Waals surface area (Å²) in [6, 6.07) is 14.5. The molecule has 1 N–H and O–H groups in total. The molecule has 29 heavy (non-hydrogen) atoms. The number of halogens is 4. The van der Waals surface area contributed by atoms with Gasteiger partial charge in [0, 0.05) is 51.4 Å². The van der Waals surface area contributed by atoms with E-state index >= 15 is 0 Å². The van der Waals surface area contributed by atoms with Gasteiger partial charge in [-0.3, -0.25) is 9.97 Å². The van der Waals surface area contributed by atoms with Gasteiger partial charge in [-0.2, -0.15) is 0 Å². The summed E-state index contributed by atoms with van der Waals surface area (Å²) >= 11 is 24.9. The standard InChI is InChI=1S/C22H14Cl4N2O/c23-13-4-6-18(24)17(8-13)16(9-14-10-19(25)20(26)11-28-14)15-5-3-12-2-1-7-27-21(12)22(15)29/h1-8,10-11,16,29H,9H2. The Balaban J connectivity index is 1.89. The summed E-state index contributed by atoms with van der Waals surface area (Å²) in [6.07, 6.45) is 3.59. The van der Waals surface area contributed by atoms with Crippen molar-refractivity contribution in [3.05, 3.63) is 97.8 Å². The SMILES string of the molecule is Oc1c(C(Cc2cc(Cl)c(Cl)cn2)c2cc(Cl)ccc2Cl)ccc2cccnc12. The topological polar surface area (TPSA) is 46.0 Å². The highest BCUT2D eigenvalue weighted by Gasteiger charge is 2.23. The molecule has 0 spiro atoms. The normalized spacial score (nSPS) is 12.3. The fraction of sp³-hybridized carbons (Fsp3) is 0.0909. The first-order chi connectivity index (χ1) is 13.9. The molecule has 2 aromatic heterocycles. The number of aromatic nitrogens is 2. The highest BCUT2D eigenvalue weighted by Crippen LogP contribution is 2.41. The van der Waals surface area contributed by atoms with E-state index in [-0.39, 0.29) is 11.7 Å². The monoisotopic (exact) mass is 462 g/mol. The van der Waals surface area contributed by atoms with Crippen molar-refractivity contribution in [2.75, 3.05) is 0 Å². The van der Waals surface area contributed by atoms with Gasteiger partial charge in [-0.05, 0) is 35.9 Å². The zero-order chi connectivity index (χ0) is 20.5. The van der Waals surface area contributed by atoms with Crippen molar-refractivity contribution in [1.82, 2.24) is 9.97 Å². The van der Waals surface area contributed by atoms with Gasteiger partial charge in [0.15, 0.2) is 0 Å². The van der Waals surface area contributed by atoms with E-state index in [1.165, 1.54) is 6.20 Å². The van der Waals surface area contributed by atoms with Crippen molar-refractivity contribution in [3.8, 4) is 5.75 Å². The Kier molecular flexibility index (Phi) is 5.84. The maximum Gasteiger partial charge on any atom is 0.145 e. The number of hydrogen-bond donors (Lipinski definition) is 1. The first-order valence-corrected chi connectivity index (χ1v) is 10.3. The van der Waals surface area contributed by atoms with Crippen LogP contribution in [0.2, 0.25) is 20.1 Å². The van der Waals surface area contributed by atoms with Gasteiger partial charge in [0.1, 0.15) is 11.3 Å². The Morgan fingerprint density at radius 2 is 1.66 bits per heavy atom. The molecule has 2 heterocycles. The number of phenolic OH excluding ortho intramolecular Hbond substituents is 1. The van der Waals surface area contributed by atoms with Crippen LogP contribution in [0.3, 0.4) is 0 Å². The first-order valence-electron chi connectivity index (χ1n) is 8.75. The Hall–Kier alpha value is -2.04. The molecule has 0 saturated heterocycles. The van der Waals surface area contributed by atoms with Crippen molar-refractivity contribution in [2.45, 2.75) is 12.3 Å². The van der Waals surface area contributed by atoms with E-state index in [1.807, 2.05) is 24.3 Å². The van der Waals surface area contributed by atoms with Gasteiger partial charge in [-0.1, -0.05) is 64.6 Å². The second-order valence-corrected chi connectivity index (χ2v) is 8.25. The van der Waals surface area contributed by atoms with Crippen molar-refractivity contribution in [2.24, 2.45) is 0 Å². The summed E-state index contributed by atoms with van der Waals surface area (Å²) in [5.41, 5.74) is 2.68. The van der Waals surface area contributed by atoms with E-state index in [0.29, 0.717) is 43.3 Å². The second-order valence-electron chi connectivity index (χ2n) is 6.59. The summed E-state index contributed by atoms with van der Waals surface area (Å²) in [5.74, 6) is -0.221. The molecule has 0 aliphatic heterocycles. The van der Waals surface area contributed by atoms with E-state index in [0.717, 1.165) is 10.9 Å².